The molecule has 0 radical (unpaired) electrons. The minimum absolute atomic E-state index is 0.153. The molecule has 3 N–H and O–H groups in total. The summed E-state index contributed by atoms with van der Waals surface area (Å²) in [5.41, 5.74) is 0.647. The van der Waals surface area contributed by atoms with Crippen molar-refractivity contribution < 1.29 is 14.4 Å². The maximum atomic E-state index is 10.6. The zero-order valence-corrected chi connectivity index (χ0v) is 9.66. The number of hydrogen-bond acceptors (Lipinski definition) is 3. The maximum Gasteiger partial charge on any atom is 0.429 e. The Morgan fingerprint density at radius 2 is 2.20 bits per heavy atom. The second kappa shape index (κ2) is 4.90. The molecule has 0 saturated carbocycles. The van der Waals surface area contributed by atoms with Gasteiger partial charge in [-0.3, -0.25) is 5.09 Å². The molecule has 8 heteroatoms. The standard InChI is InChI=1S/C7H11ClN3O3P/c1-2-3-5-4-6(8)10-7(9-5)11-15(12,13)14/h4H,2-3H2,1H3,(H3,9,10,11,12,13,14). The molecule has 1 aromatic rings. The van der Waals surface area contributed by atoms with Crippen molar-refractivity contribution in [1.82, 2.24) is 9.97 Å². The quantitative estimate of drug-likeness (QED) is 0.556. The molecule has 6 nitrogen and oxygen atoms in total. The second-order valence-electron chi connectivity index (χ2n) is 2.91. The van der Waals surface area contributed by atoms with Crippen molar-refractivity contribution in [3.05, 3.63) is 16.9 Å². The van der Waals surface area contributed by atoms with Gasteiger partial charge in [0.1, 0.15) is 5.15 Å². The van der Waals surface area contributed by atoms with Gasteiger partial charge in [-0.05, 0) is 12.5 Å². The lowest BCUT2D eigenvalue weighted by Gasteiger charge is -2.07. The van der Waals surface area contributed by atoms with Crippen molar-refractivity contribution >= 4 is 25.3 Å². The van der Waals surface area contributed by atoms with Crippen LogP contribution in [0.3, 0.4) is 0 Å². The highest BCUT2D eigenvalue weighted by atomic mass is 35.5. The predicted molar refractivity (Wildman–Crippen MR) is 56.7 cm³/mol. The number of rotatable bonds is 4. The molecule has 84 valence electrons. The Morgan fingerprint density at radius 1 is 1.53 bits per heavy atom. The van der Waals surface area contributed by atoms with E-state index in [4.69, 9.17) is 21.4 Å². The molecule has 0 saturated heterocycles. The van der Waals surface area contributed by atoms with E-state index in [1.807, 2.05) is 12.0 Å². The minimum atomic E-state index is -4.38. The summed E-state index contributed by atoms with van der Waals surface area (Å²) in [6.45, 7) is 1.96. The van der Waals surface area contributed by atoms with E-state index in [0.29, 0.717) is 12.1 Å². The van der Waals surface area contributed by atoms with Crippen LogP contribution in [0.25, 0.3) is 0 Å². The fraction of sp³-hybridized carbons (Fsp3) is 0.429. The molecule has 0 aliphatic carbocycles. The first-order chi connectivity index (χ1) is 6.90. The monoisotopic (exact) mass is 251 g/mol. The van der Waals surface area contributed by atoms with Gasteiger partial charge in [0.15, 0.2) is 0 Å². The fourth-order valence-corrected chi connectivity index (χ4v) is 1.60. The molecule has 1 rings (SSSR count). The first-order valence-electron chi connectivity index (χ1n) is 4.28. The average molecular weight is 252 g/mol. The lowest BCUT2D eigenvalue weighted by Crippen LogP contribution is -2.02. The molecular weight excluding hydrogens is 241 g/mol. The molecule has 0 unspecified atom stereocenters. The highest BCUT2D eigenvalue weighted by Crippen LogP contribution is 2.33. The van der Waals surface area contributed by atoms with E-state index in [2.05, 4.69) is 9.97 Å². The molecule has 0 aliphatic rings. The van der Waals surface area contributed by atoms with Crippen molar-refractivity contribution in [2.24, 2.45) is 0 Å². The van der Waals surface area contributed by atoms with Crippen LogP contribution in [0.15, 0.2) is 6.07 Å². The first-order valence-corrected chi connectivity index (χ1v) is 6.27. The van der Waals surface area contributed by atoms with E-state index in [-0.39, 0.29) is 11.1 Å². The minimum Gasteiger partial charge on any atom is -0.308 e. The van der Waals surface area contributed by atoms with Crippen LogP contribution in [-0.2, 0) is 11.0 Å². The first kappa shape index (κ1) is 12.4. The molecule has 0 amide bonds. The Kier molecular flexibility index (Phi) is 4.04. The molecule has 0 fully saturated rings. The van der Waals surface area contributed by atoms with Crippen molar-refractivity contribution in [3.8, 4) is 0 Å². The van der Waals surface area contributed by atoms with Gasteiger partial charge < -0.3 is 9.79 Å². The van der Waals surface area contributed by atoms with Gasteiger partial charge in [0.25, 0.3) is 0 Å². The molecule has 0 aromatic carbocycles. The smallest absolute Gasteiger partial charge is 0.308 e. The largest absolute Gasteiger partial charge is 0.429 e. The van der Waals surface area contributed by atoms with Gasteiger partial charge in [-0.2, -0.15) is 0 Å². The van der Waals surface area contributed by atoms with E-state index in [1.54, 1.807) is 6.07 Å². The van der Waals surface area contributed by atoms with Gasteiger partial charge in [0.2, 0.25) is 5.95 Å². The summed E-state index contributed by atoms with van der Waals surface area (Å²) in [6, 6.07) is 1.57. The molecule has 0 atom stereocenters. The third-order valence-electron chi connectivity index (χ3n) is 1.50. The molecule has 15 heavy (non-hydrogen) atoms. The van der Waals surface area contributed by atoms with Crippen molar-refractivity contribution in [1.29, 1.82) is 0 Å². The zero-order chi connectivity index (χ0) is 11.5. The normalized spacial score (nSPS) is 11.5. The van der Waals surface area contributed by atoms with Gasteiger partial charge in [-0.15, -0.1) is 0 Å². The van der Waals surface area contributed by atoms with Crippen LogP contribution in [0, 0.1) is 0 Å². The molecule has 0 spiro atoms. The SMILES string of the molecule is CCCc1cc(Cl)nc(NP(=O)(O)O)n1. The van der Waals surface area contributed by atoms with Gasteiger partial charge in [-0.25, -0.2) is 14.5 Å². The van der Waals surface area contributed by atoms with E-state index in [9.17, 15) is 4.57 Å². The number of aryl methyl sites for hydroxylation is 1. The van der Waals surface area contributed by atoms with Crippen LogP contribution in [0.2, 0.25) is 5.15 Å². The summed E-state index contributed by atoms with van der Waals surface area (Å²) in [6.07, 6.45) is 1.54. The second-order valence-corrected chi connectivity index (χ2v) is 4.61. The maximum absolute atomic E-state index is 10.6. The lowest BCUT2D eigenvalue weighted by molar-refractivity contribution is 0.380. The number of nitrogens with zero attached hydrogens (tertiary/aromatic N) is 2. The zero-order valence-electron chi connectivity index (χ0n) is 8.01. The topological polar surface area (TPSA) is 95.3 Å². The van der Waals surface area contributed by atoms with Gasteiger partial charge in [0.05, 0.1) is 0 Å². The van der Waals surface area contributed by atoms with Gasteiger partial charge >= 0.3 is 7.75 Å². The third-order valence-corrected chi connectivity index (χ3v) is 2.18. The molecule has 0 aliphatic heterocycles. The highest BCUT2D eigenvalue weighted by Gasteiger charge is 2.15. The van der Waals surface area contributed by atoms with Crippen molar-refractivity contribution in [2.45, 2.75) is 19.8 Å². The summed E-state index contributed by atoms with van der Waals surface area (Å²) >= 11 is 5.67. The number of aromatic nitrogens is 2. The van der Waals surface area contributed by atoms with Gasteiger partial charge in [0, 0.05) is 5.69 Å². The van der Waals surface area contributed by atoms with E-state index < -0.39 is 7.75 Å². The van der Waals surface area contributed by atoms with Crippen LogP contribution in [0.4, 0.5) is 5.95 Å². The highest BCUT2D eigenvalue weighted by molar-refractivity contribution is 7.53. The lowest BCUT2D eigenvalue weighted by atomic mass is 10.2. The van der Waals surface area contributed by atoms with Crippen molar-refractivity contribution in [2.75, 3.05) is 5.09 Å². The van der Waals surface area contributed by atoms with Crippen molar-refractivity contribution in [3.63, 3.8) is 0 Å². The van der Waals surface area contributed by atoms with E-state index in [0.717, 1.165) is 6.42 Å². The Morgan fingerprint density at radius 3 is 2.73 bits per heavy atom. The molecular formula is C7H11ClN3O3P. The van der Waals surface area contributed by atoms with E-state index >= 15 is 0 Å². The molecule has 0 bridgehead atoms. The summed E-state index contributed by atoms with van der Waals surface area (Å²) in [5, 5.41) is 2.04. The third kappa shape index (κ3) is 4.57. The predicted octanol–water partition coefficient (Wildman–Crippen LogP) is 1.59. The van der Waals surface area contributed by atoms with Gasteiger partial charge in [-0.1, -0.05) is 24.9 Å². The van der Waals surface area contributed by atoms with Crippen LogP contribution in [0.1, 0.15) is 19.0 Å². The van der Waals surface area contributed by atoms with Crippen LogP contribution in [0.5, 0.6) is 0 Å². The average Bonchev–Trinajstić information content (AvgIpc) is 1.99. The summed E-state index contributed by atoms with van der Waals surface area (Å²) in [7, 11) is -4.38. The van der Waals surface area contributed by atoms with Crippen LogP contribution < -0.4 is 5.09 Å². The van der Waals surface area contributed by atoms with Crippen LogP contribution >= 0.6 is 19.3 Å². The number of hydrogen-bond donors (Lipinski definition) is 3. The Bertz CT molecular complexity index is 395. The fourth-order valence-electron chi connectivity index (χ4n) is 1.03. The van der Waals surface area contributed by atoms with E-state index in [1.165, 1.54) is 0 Å². The summed E-state index contributed by atoms with van der Waals surface area (Å²) in [5.74, 6) is -0.153. The number of anilines is 1. The molecule has 1 heterocycles. The number of nitrogens with one attached hydrogen (secondary N) is 1. The Labute approximate surface area is 91.9 Å². The number of halogens is 1. The molecule has 1 aromatic heterocycles. The Hall–Kier alpha value is -0.680. The Balaban J connectivity index is 2.93. The summed E-state index contributed by atoms with van der Waals surface area (Å²) < 4.78 is 10.6. The summed E-state index contributed by atoms with van der Waals surface area (Å²) in [4.78, 5) is 24.9. The van der Waals surface area contributed by atoms with Crippen LogP contribution in [-0.4, -0.2) is 19.8 Å².